The maximum Gasteiger partial charge on any atom is 0.357 e. The Labute approximate surface area is 189 Å². The van der Waals surface area contributed by atoms with E-state index in [0.717, 1.165) is 0 Å². The van der Waals surface area contributed by atoms with Gasteiger partial charge in [0.2, 0.25) is 0 Å². The van der Waals surface area contributed by atoms with Crippen LogP contribution in [0.4, 0.5) is 0 Å². The van der Waals surface area contributed by atoms with Crippen molar-refractivity contribution in [2.45, 2.75) is 119 Å². The minimum atomic E-state index is -2.02. The van der Waals surface area contributed by atoms with Crippen molar-refractivity contribution in [2.75, 3.05) is 0 Å². The third kappa shape index (κ3) is 6.80. The molecule has 1 aromatic rings. The molecule has 0 spiro atoms. The second kappa shape index (κ2) is 10.6. The summed E-state index contributed by atoms with van der Waals surface area (Å²) in [5.74, 6) is 0. The third-order valence-electron chi connectivity index (χ3n) is 5.79. The lowest BCUT2D eigenvalue weighted by Crippen LogP contribution is -2.72. The van der Waals surface area contributed by atoms with Crippen molar-refractivity contribution in [2.24, 2.45) is 4.99 Å². The Hall–Kier alpha value is -0.908. The van der Waals surface area contributed by atoms with E-state index in [-0.39, 0.29) is 12.5 Å². The molecule has 0 saturated heterocycles. The van der Waals surface area contributed by atoms with Gasteiger partial charge in [-0.2, -0.15) is 0 Å². The second-order valence-corrected chi connectivity index (χ2v) is 15.6. The minimum Gasteiger partial charge on any atom is -0.319 e. The molecular weight excluding hydrogens is 381 g/mol. The molecule has 0 amide bonds. The van der Waals surface area contributed by atoms with E-state index in [0.29, 0.717) is 24.2 Å². The molecule has 5 heteroatoms. The molecule has 0 atom stereocenters. The van der Waals surface area contributed by atoms with Crippen LogP contribution in [0.3, 0.4) is 0 Å². The van der Waals surface area contributed by atoms with Gasteiger partial charge in [-0.15, -0.1) is 0 Å². The smallest absolute Gasteiger partial charge is 0.319 e. The Kier molecular flexibility index (Phi) is 9.59. The van der Waals surface area contributed by atoms with Crippen molar-refractivity contribution < 1.29 is 0 Å². The van der Waals surface area contributed by atoms with Gasteiger partial charge in [-0.3, -0.25) is 4.99 Å². The van der Waals surface area contributed by atoms with Crippen LogP contribution in [0, 0.1) is 0 Å². The van der Waals surface area contributed by atoms with E-state index in [1.54, 1.807) is 0 Å². The van der Waals surface area contributed by atoms with E-state index < -0.39 is 8.07 Å². The second-order valence-electron chi connectivity index (χ2n) is 11.3. The zero-order chi connectivity index (χ0) is 23.4. The molecule has 0 aliphatic heterocycles. The lowest BCUT2D eigenvalue weighted by molar-refractivity contribution is 0.230. The van der Waals surface area contributed by atoms with Crippen LogP contribution in [0.25, 0.3) is 0 Å². The average Bonchev–Trinajstić information content (AvgIpc) is 2.57. The van der Waals surface area contributed by atoms with Crippen LogP contribution in [-0.2, 0) is 0 Å². The summed E-state index contributed by atoms with van der Waals surface area (Å²) in [6.45, 7) is 30.5. The lowest BCUT2D eigenvalue weighted by atomic mass is 9.67. The first-order chi connectivity index (χ1) is 13.6. The first-order valence-corrected chi connectivity index (χ1v) is 14.8. The normalized spacial score (nSPS) is 14.2. The highest BCUT2D eigenvalue weighted by molar-refractivity contribution is 7.30. The summed E-state index contributed by atoms with van der Waals surface area (Å²) >= 11 is 0. The molecule has 170 valence electrons. The predicted molar refractivity (Wildman–Crippen MR) is 141 cm³/mol. The van der Waals surface area contributed by atoms with Gasteiger partial charge >= 0.3 is 6.98 Å². The van der Waals surface area contributed by atoms with Crippen LogP contribution in [0.2, 0.25) is 13.1 Å². The van der Waals surface area contributed by atoms with Crippen LogP contribution in [0.5, 0.6) is 0 Å². The van der Waals surface area contributed by atoms with Crippen LogP contribution in [-0.4, -0.2) is 59.6 Å². The molecule has 1 aromatic carbocycles. The van der Waals surface area contributed by atoms with Crippen molar-refractivity contribution in [3.8, 4) is 0 Å². The highest BCUT2D eigenvalue weighted by Gasteiger charge is 2.47. The van der Waals surface area contributed by atoms with E-state index in [1.165, 1.54) is 10.4 Å². The number of nitrogens with zero attached hydrogens (tertiary/aromatic N) is 3. The first kappa shape index (κ1) is 27.1. The Morgan fingerprint density at radius 3 is 1.43 bits per heavy atom. The molecule has 30 heavy (non-hydrogen) atoms. The largest absolute Gasteiger partial charge is 0.357 e. The van der Waals surface area contributed by atoms with Gasteiger partial charge in [0.05, 0.1) is 5.54 Å². The Balaban J connectivity index is 3.91. The van der Waals surface area contributed by atoms with Crippen molar-refractivity contribution in [3.63, 3.8) is 0 Å². The van der Waals surface area contributed by atoms with Gasteiger partial charge in [-0.1, -0.05) is 104 Å². The maximum absolute atomic E-state index is 5.52. The Bertz CT molecular complexity index is 639. The molecule has 0 aliphatic carbocycles. The predicted octanol–water partition coefficient (Wildman–Crippen LogP) is 5.65. The van der Waals surface area contributed by atoms with Gasteiger partial charge in [0, 0.05) is 5.23 Å². The number of hydrogen-bond donors (Lipinski definition) is 0. The molecule has 1 rings (SSSR count). The van der Waals surface area contributed by atoms with Gasteiger partial charge < -0.3 is 9.62 Å². The van der Waals surface area contributed by atoms with Crippen molar-refractivity contribution in [3.05, 3.63) is 30.3 Å². The minimum absolute atomic E-state index is 0.119. The average molecular weight is 430 g/mol. The molecule has 0 unspecified atom stereocenters. The number of benzene rings is 1. The van der Waals surface area contributed by atoms with E-state index >= 15 is 0 Å². The van der Waals surface area contributed by atoms with Gasteiger partial charge in [0.15, 0.2) is 0 Å². The SMILES string of the molecule is CC(C)N(B(C(=NC(C)(C)C)[Si](C)(C)c1ccccc1)N(C(C)C)C(C)C)C(C)C. The van der Waals surface area contributed by atoms with E-state index in [2.05, 4.69) is 129 Å². The molecule has 0 aliphatic rings. The molecule has 0 saturated carbocycles. The lowest BCUT2D eigenvalue weighted by Gasteiger charge is -2.48. The van der Waals surface area contributed by atoms with Crippen LogP contribution in [0.15, 0.2) is 35.3 Å². The van der Waals surface area contributed by atoms with Gasteiger partial charge in [-0.05, 0) is 44.9 Å². The van der Waals surface area contributed by atoms with Gasteiger partial charge in [0.25, 0.3) is 0 Å². The maximum atomic E-state index is 5.52. The highest BCUT2D eigenvalue weighted by atomic mass is 28.3. The summed E-state index contributed by atoms with van der Waals surface area (Å²) in [7, 11) is -2.02. The monoisotopic (exact) mass is 429 g/mol. The molecule has 0 fully saturated rings. The summed E-state index contributed by atoms with van der Waals surface area (Å²) in [5.41, 5.74) is -0.119. The number of hydrogen-bond acceptors (Lipinski definition) is 3. The summed E-state index contributed by atoms with van der Waals surface area (Å²) in [5, 5.41) is 2.85. The fraction of sp³-hybridized carbons (Fsp3) is 0.720. The quantitative estimate of drug-likeness (QED) is 0.373. The summed E-state index contributed by atoms with van der Waals surface area (Å²) in [4.78, 5) is 10.9. The number of aliphatic imine (C=N–C) groups is 1. The van der Waals surface area contributed by atoms with Gasteiger partial charge in [0.1, 0.15) is 8.07 Å². The van der Waals surface area contributed by atoms with E-state index in [4.69, 9.17) is 4.99 Å². The fourth-order valence-electron chi connectivity index (χ4n) is 4.64. The van der Waals surface area contributed by atoms with E-state index in [1.807, 2.05) is 0 Å². The van der Waals surface area contributed by atoms with Crippen molar-refractivity contribution >= 4 is 25.5 Å². The third-order valence-corrected chi connectivity index (χ3v) is 9.21. The molecule has 0 N–H and O–H groups in total. The van der Waals surface area contributed by atoms with Gasteiger partial charge in [-0.25, -0.2) is 0 Å². The summed E-state index contributed by atoms with van der Waals surface area (Å²) < 4.78 is 0. The molecule has 0 bridgehead atoms. The zero-order valence-electron chi connectivity index (χ0n) is 22.1. The molecule has 0 aromatic heterocycles. The van der Waals surface area contributed by atoms with Crippen LogP contribution < -0.4 is 5.19 Å². The zero-order valence-corrected chi connectivity index (χ0v) is 23.1. The Morgan fingerprint density at radius 1 is 0.767 bits per heavy atom. The summed E-state index contributed by atoms with van der Waals surface area (Å²) in [6, 6.07) is 12.8. The first-order valence-electron chi connectivity index (χ1n) is 11.8. The topological polar surface area (TPSA) is 18.8 Å². The number of rotatable bonds is 9. The molecular formula is C25H48BN3Si. The molecule has 3 nitrogen and oxygen atoms in total. The van der Waals surface area contributed by atoms with E-state index in [9.17, 15) is 0 Å². The fourth-order valence-corrected chi connectivity index (χ4v) is 7.52. The molecule has 0 heterocycles. The summed E-state index contributed by atoms with van der Waals surface area (Å²) in [6.07, 6.45) is 0. The highest BCUT2D eigenvalue weighted by Crippen LogP contribution is 2.24. The van der Waals surface area contributed by atoms with Crippen molar-refractivity contribution in [1.82, 2.24) is 9.62 Å². The van der Waals surface area contributed by atoms with Crippen LogP contribution >= 0.6 is 0 Å². The van der Waals surface area contributed by atoms with Crippen molar-refractivity contribution in [1.29, 1.82) is 0 Å². The molecule has 0 radical (unpaired) electrons. The Morgan fingerprint density at radius 2 is 1.13 bits per heavy atom. The standard InChI is InChI=1S/C25H48BN3Si/c1-19(2)28(20(3)4)26(29(21(5)6)22(7)8)24(27-25(9,10)11)30(12,13)23-17-15-14-16-18-23/h14-22H,1-13H3. The van der Waals surface area contributed by atoms with Crippen LogP contribution in [0.1, 0.15) is 76.2 Å².